The number of amides is 2. The maximum atomic E-state index is 12.7. The molecule has 2 atom stereocenters. The Morgan fingerprint density at radius 2 is 2.08 bits per heavy atom. The predicted molar refractivity (Wildman–Crippen MR) is 93.1 cm³/mol. The van der Waals surface area contributed by atoms with Crippen molar-refractivity contribution in [2.24, 2.45) is 0 Å². The molecular weight excluding hydrogens is 304 g/mol. The number of ether oxygens (including phenoxy) is 1. The maximum Gasteiger partial charge on any atom is 0.267 e. The fourth-order valence-corrected chi connectivity index (χ4v) is 3.69. The summed E-state index contributed by atoms with van der Waals surface area (Å²) in [6.07, 6.45) is 4.24. The summed E-state index contributed by atoms with van der Waals surface area (Å²) in [7, 11) is 0. The summed E-state index contributed by atoms with van der Waals surface area (Å²) >= 11 is 0. The van der Waals surface area contributed by atoms with Gasteiger partial charge in [-0.1, -0.05) is 19.1 Å². The highest BCUT2D eigenvalue weighted by Gasteiger charge is 2.32. The van der Waals surface area contributed by atoms with Crippen LogP contribution in [0, 0.1) is 0 Å². The molecule has 5 heteroatoms. The van der Waals surface area contributed by atoms with Gasteiger partial charge < -0.3 is 14.5 Å². The predicted octanol–water partition coefficient (Wildman–Crippen LogP) is 2.98. The molecule has 0 radical (unpaired) electrons. The Bertz CT molecular complexity index is 616. The van der Waals surface area contributed by atoms with Crippen molar-refractivity contribution in [3.8, 4) is 5.75 Å². The van der Waals surface area contributed by atoms with E-state index in [1.807, 2.05) is 29.2 Å². The Morgan fingerprint density at radius 1 is 1.29 bits per heavy atom. The number of hydrogen-bond donors (Lipinski definition) is 0. The Morgan fingerprint density at radius 3 is 2.88 bits per heavy atom. The van der Waals surface area contributed by atoms with E-state index < -0.39 is 6.10 Å². The van der Waals surface area contributed by atoms with Crippen molar-refractivity contribution < 1.29 is 14.3 Å². The monoisotopic (exact) mass is 330 g/mol. The Balaban J connectivity index is 1.69. The van der Waals surface area contributed by atoms with E-state index in [2.05, 4.69) is 6.92 Å². The molecule has 0 saturated carbocycles. The first-order chi connectivity index (χ1) is 11.6. The van der Waals surface area contributed by atoms with E-state index in [4.69, 9.17) is 4.74 Å². The van der Waals surface area contributed by atoms with Crippen molar-refractivity contribution in [1.82, 2.24) is 4.90 Å². The molecule has 1 fully saturated rings. The lowest BCUT2D eigenvalue weighted by Crippen LogP contribution is -2.48. The molecule has 130 valence electrons. The zero-order valence-electron chi connectivity index (χ0n) is 14.5. The van der Waals surface area contributed by atoms with Crippen molar-refractivity contribution in [3.05, 3.63) is 24.3 Å². The average Bonchev–Trinajstić information content (AvgIpc) is 2.61. The molecule has 24 heavy (non-hydrogen) atoms. The van der Waals surface area contributed by atoms with Crippen molar-refractivity contribution >= 4 is 17.5 Å². The SMILES string of the molecule is CCC1CCCCN1C(=O)CCN1C(=O)C(C)Oc2ccccc21. The molecule has 1 saturated heterocycles. The molecule has 0 spiro atoms. The molecule has 2 aliphatic heterocycles. The molecule has 2 heterocycles. The number of para-hydroxylation sites is 2. The second kappa shape index (κ2) is 7.24. The summed E-state index contributed by atoms with van der Waals surface area (Å²) in [5.41, 5.74) is 0.763. The van der Waals surface area contributed by atoms with Crippen LogP contribution in [0.4, 0.5) is 5.69 Å². The molecule has 0 aliphatic carbocycles. The van der Waals surface area contributed by atoms with Gasteiger partial charge in [-0.3, -0.25) is 9.59 Å². The largest absolute Gasteiger partial charge is 0.479 e. The van der Waals surface area contributed by atoms with Gasteiger partial charge in [0.25, 0.3) is 5.91 Å². The first-order valence-electron chi connectivity index (χ1n) is 8.98. The van der Waals surface area contributed by atoms with Gasteiger partial charge in [-0.25, -0.2) is 0 Å². The van der Waals surface area contributed by atoms with E-state index >= 15 is 0 Å². The first kappa shape index (κ1) is 16.8. The number of carbonyl (C=O) groups excluding carboxylic acids is 2. The van der Waals surface area contributed by atoms with E-state index in [0.717, 1.165) is 31.5 Å². The summed E-state index contributed by atoms with van der Waals surface area (Å²) in [6, 6.07) is 7.88. The maximum absolute atomic E-state index is 12.7. The lowest BCUT2D eigenvalue weighted by molar-refractivity contribution is -0.134. The number of anilines is 1. The molecule has 0 N–H and O–H groups in total. The summed E-state index contributed by atoms with van der Waals surface area (Å²) < 4.78 is 5.65. The zero-order chi connectivity index (χ0) is 17.1. The van der Waals surface area contributed by atoms with Crippen LogP contribution < -0.4 is 9.64 Å². The van der Waals surface area contributed by atoms with Gasteiger partial charge in [-0.15, -0.1) is 0 Å². The summed E-state index contributed by atoms with van der Waals surface area (Å²) in [5, 5.41) is 0. The molecule has 2 aliphatic rings. The minimum Gasteiger partial charge on any atom is -0.479 e. The topological polar surface area (TPSA) is 49.9 Å². The summed E-state index contributed by atoms with van der Waals surface area (Å²) in [5.74, 6) is 0.791. The number of piperidine rings is 1. The number of carbonyl (C=O) groups is 2. The number of nitrogens with zero attached hydrogens (tertiary/aromatic N) is 2. The second-order valence-electron chi connectivity index (χ2n) is 6.61. The van der Waals surface area contributed by atoms with Gasteiger partial charge in [0, 0.05) is 25.6 Å². The Labute approximate surface area is 143 Å². The molecular formula is C19H26N2O3. The molecule has 1 aromatic rings. The third-order valence-electron chi connectivity index (χ3n) is 5.04. The van der Waals surface area contributed by atoms with E-state index in [0.29, 0.717) is 24.8 Å². The number of benzene rings is 1. The van der Waals surface area contributed by atoms with E-state index in [1.165, 1.54) is 6.42 Å². The van der Waals surface area contributed by atoms with Crippen molar-refractivity contribution in [2.45, 2.75) is 58.1 Å². The van der Waals surface area contributed by atoms with Gasteiger partial charge in [0.05, 0.1) is 5.69 Å². The standard InChI is InChI=1S/C19H26N2O3/c1-3-15-8-6-7-12-20(15)18(22)11-13-21-16-9-4-5-10-17(16)24-14(2)19(21)23/h4-5,9-10,14-15H,3,6-8,11-13H2,1-2H3. The quantitative estimate of drug-likeness (QED) is 0.853. The smallest absolute Gasteiger partial charge is 0.267 e. The average molecular weight is 330 g/mol. The van der Waals surface area contributed by atoms with Crippen LogP contribution in [0.5, 0.6) is 5.75 Å². The van der Waals surface area contributed by atoms with Gasteiger partial charge >= 0.3 is 0 Å². The lowest BCUT2D eigenvalue weighted by Gasteiger charge is -2.37. The second-order valence-corrected chi connectivity index (χ2v) is 6.61. The minimum absolute atomic E-state index is 0.0767. The molecule has 3 rings (SSSR count). The zero-order valence-corrected chi connectivity index (χ0v) is 14.5. The van der Waals surface area contributed by atoms with Crippen molar-refractivity contribution in [2.75, 3.05) is 18.0 Å². The van der Waals surface area contributed by atoms with Gasteiger partial charge in [-0.2, -0.15) is 0 Å². The number of hydrogen-bond acceptors (Lipinski definition) is 3. The third-order valence-corrected chi connectivity index (χ3v) is 5.04. The van der Waals surface area contributed by atoms with Crippen molar-refractivity contribution in [3.63, 3.8) is 0 Å². The van der Waals surface area contributed by atoms with Crippen LogP contribution in [0.2, 0.25) is 0 Å². The van der Waals surface area contributed by atoms with E-state index in [-0.39, 0.29) is 11.8 Å². The van der Waals surface area contributed by atoms with Crippen LogP contribution in [0.1, 0.15) is 46.0 Å². The van der Waals surface area contributed by atoms with Crippen LogP contribution in [-0.2, 0) is 9.59 Å². The third kappa shape index (κ3) is 3.25. The number of likely N-dealkylation sites (tertiary alicyclic amines) is 1. The fourth-order valence-electron chi connectivity index (χ4n) is 3.69. The highest BCUT2D eigenvalue weighted by molar-refractivity contribution is 6.00. The van der Waals surface area contributed by atoms with Gasteiger partial charge in [0.2, 0.25) is 5.91 Å². The molecule has 1 aromatic carbocycles. The highest BCUT2D eigenvalue weighted by Crippen LogP contribution is 2.33. The van der Waals surface area contributed by atoms with Crippen LogP contribution in [0.15, 0.2) is 24.3 Å². The molecule has 0 bridgehead atoms. The van der Waals surface area contributed by atoms with E-state index in [1.54, 1.807) is 11.8 Å². The normalized spacial score (nSPS) is 23.7. The molecule has 2 amide bonds. The summed E-state index contributed by atoms with van der Waals surface area (Å²) in [4.78, 5) is 28.9. The molecule has 5 nitrogen and oxygen atoms in total. The van der Waals surface area contributed by atoms with Gasteiger partial charge in [0.15, 0.2) is 6.10 Å². The van der Waals surface area contributed by atoms with Crippen LogP contribution in [0.25, 0.3) is 0 Å². The van der Waals surface area contributed by atoms with Gasteiger partial charge in [0.1, 0.15) is 5.75 Å². The molecule has 0 aromatic heterocycles. The molecule has 2 unspecified atom stereocenters. The number of fused-ring (bicyclic) bond motifs is 1. The highest BCUT2D eigenvalue weighted by atomic mass is 16.5. The van der Waals surface area contributed by atoms with Crippen LogP contribution >= 0.6 is 0 Å². The van der Waals surface area contributed by atoms with Crippen LogP contribution in [-0.4, -0.2) is 41.9 Å². The Kier molecular flexibility index (Phi) is 5.07. The van der Waals surface area contributed by atoms with E-state index in [9.17, 15) is 9.59 Å². The first-order valence-corrected chi connectivity index (χ1v) is 8.98. The minimum atomic E-state index is -0.506. The van der Waals surface area contributed by atoms with Gasteiger partial charge in [-0.05, 0) is 44.7 Å². The van der Waals surface area contributed by atoms with Crippen molar-refractivity contribution in [1.29, 1.82) is 0 Å². The summed E-state index contributed by atoms with van der Waals surface area (Å²) in [6.45, 7) is 5.15. The fraction of sp³-hybridized carbons (Fsp3) is 0.579. The lowest BCUT2D eigenvalue weighted by atomic mass is 9.99. The van der Waals surface area contributed by atoms with Crippen LogP contribution in [0.3, 0.4) is 0 Å². The Hall–Kier alpha value is -2.04. The number of rotatable bonds is 4.